The number of fused-ring (bicyclic) bond motifs is 10. The number of pyridine rings is 1. The number of carbonyl (C=O) groups excluding carboxylic acids is 1. The fraction of sp³-hybridized carbons (Fsp3) is 0.321. The molecule has 194 valence electrons. The maximum Gasteiger partial charge on any atom is 0.387 e. The second-order valence-corrected chi connectivity index (χ2v) is 10.4. The zero-order valence-electron chi connectivity index (χ0n) is 20.6. The summed E-state index contributed by atoms with van der Waals surface area (Å²) >= 11 is 0. The van der Waals surface area contributed by atoms with Gasteiger partial charge in [0.1, 0.15) is 11.6 Å². The minimum Gasteiger partial charge on any atom is -0.434 e. The zero-order chi connectivity index (χ0) is 26.3. The minimum absolute atomic E-state index is 0.00716. The van der Waals surface area contributed by atoms with Crippen LogP contribution in [0.25, 0.3) is 22.2 Å². The summed E-state index contributed by atoms with van der Waals surface area (Å²) in [7, 11) is 1.72. The lowest BCUT2D eigenvalue weighted by Gasteiger charge is -2.24. The smallest absolute Gasteiger partial charge is 0.387 e. The predicted molar refractivity (Wildman–Crippen MR) is 135 cm³/mol. The highest BCUT2D eigenvalue weighted by atomic mass is 19.3. The monoisotopic (exact) mass is 517 g/mol. The maximum absolute atomic E-state index is 13.3. The highest BCUT2D eigenvalue weighted by molar-refractivity contribution is 5.98. The molecule has 1 amide bonds. The van der Waals surface area contributed by atoms with Crippen molar-refractivity contribution in [2.24, 2.45) is 5.73 Å². The largest absolute Gasteiger partial charge is 0.434 e. The number of aliphatic hydroxyl groups is 1. The second-order valence-electron chi connectivity index (χ2n) is 10.4. The lowest BCUT2D eigenvalue weighted by atomic mass is 9.97. The van der Waals surface area contributed by atoms with Crippen molar-refractivity contribution < 1.29 is 23.4 Å². The van der Waals surface area contributed by atoms with Crippen LogP contribution in [0.1, 0.15) is 57.9 Å². The van der Waals surface area contributed by atoms with E-state index in [0.29, 0.717) is 24.0 Å². The first-order valence-corrected chi connectivity index (χ1v) is 12.6. The number of nitrogens with two attached hydrogens (primary N) is 1. The molecule has 2 aromatic carbocycles. The van der Waals surface area contributed by atoms with Crippen LogP contribution in [0.3, 0.4) is 0 Å². The number of carbonyl (C=O) groups is 1. The Morgan fingerprint density at radius 1 is 1.21 bits per heavy atom. The van der Waals surface area contributed by atoms with E-state index >= 15 is 0 Å². The molecule has 2 aromatic heterocycles. The molecule has 0 fully saturated rings. The van der Waals surface area contributed by atoms with Gasteiger partial charge in [-0.25, -0.2) is 4.98 Å². The van der Waals surface area contributed by atoms with Gasteiger partial charge in [-0.05, 0) is 54.3 Å². The quantitative estimate of drug-likeness (QED) is 0.425. The molecule has 0 unspecified atom stereocenters. The van der Waals surface area contributed by atoms with E-state index in [1.165, 1.54) is 6.07 Å². The van der Waals surface area contributed by atoms with Gasteiger partial charge in [0.25, 0.3) is 5.91 Å². The molecule has 0 radical (unpaired) electrons. The number of amides is 1. The van der Waals surface area contributed by atoms with Gasteiger partial charge in [-0.1, -0.05) is 12.1 Å². The molecule has 7 rings (SSSR count). The van der Waals surface area contributed by atoms with Crippen LogP contribution in [-0.2, 0) is 12.0 Å². The van der Waals surface area contributed by atoms with E-state index in [0.717, 1.165) is 45.7 Å². The van der Waals surface area contributed by atoms with Crippen molar-refractivity contribution in [1.29, 1.82) is 0 Å². The Bertz CT molecular complexity index is 1640. The molecule has 1 aliphatic carbocycles. The maximum atomic E-state index is 13.3. The molecule has 3 N–H and O–H groups in total. The van der Waals surface area contributed by atoms with E-state index in [9.17, 15) is 18.7 Å². The van der Waals surface area contributed by atoms with Crippen LogP contribution in [-0.4, -0.2) is 50.7 Å². The van der Waals surface area contributed by atoms with Crippen LogP contribution in [0.4, 0.5) is 8.78 Å². The normalized spacial score (nSPS) is 23.5. The van der Waals surface area contributed by atoms with Crippen LogP contribution in [0.15, 0.2) is 48.7 Å². The van der Waals surface area contributed by atoms with Crippen molar-refractivity contribution in [2.75, 3.05) is 13.7 Å². The topological polar surface area (TPSA) is 106 Å². The highest BCUT2D eigenvalue weighted by Gasteiger charge is 2.45. The van der Waals surface area contributed by atoms with Crippen LogP contribution in [0, 0.1) is 0 Å². The molecular weight excluding hydrogens is 492 g/mol. The standard InChI is InChI=1S/C28H25F2N5O3/c1-34-21-11-20(23-17(26(34)37)3-2-4-22(23)38-27(29)30)35-19-10-14(5-6-18(19)33-25(21)35)16-9-15-7-8-28(31,13-36)24(15)32-12-16/h2-6,9-10,12,20-21,27,36H,7-8,11,13,31H2,1H3/t20-,21-,28-/m1/s1. The number of rotatable bonds is 4. The molecule has 38 heavy (non-hydrogen) atoms. The number of hydrogen-bond donors (Lipinski definition) is 2. The van der Waals surface area contributed by atoms with Gasteiger partial charge in [-0.3, -0.25) is 9.78 Å². The van der Waals surface area contributed by atoms with Crippen molar-refractivity contribution in [3.05, 3.63) is 76.9 Å². The van der Waals surface area contributed by atoms with Crippen LogP contribution in [0.2, 0.25) is 0 Å². The number of ether oxygens (including phenoxy) is 1. The predicted octanol–water partition coefficient (Wildman–Crippen LogP) is 3.91. The lowest BCUT2D eigenvalue weighted by Crippen LogP contribution is -2.38. The summed E-state index contributed by atoms with van der Waals surface area (Å²) in [6.45, 7) is -3.16. The number of alkyl halides is 2. The molecule has 0 spiro atoms. The molecule has 3 aliphatic rings. The van der Waals surface area contributed by atoms with Gasteiger partial charge in [0.15, 0.2) is 0 Å². The minimum atomic E-state index is -3.01. The molecule has 2 aliphatic heterocycles. The average Bonchev–Trinajstić information content (AvgIpc) is 3.55. The molecule has 0 saturated carbocycles. The third-order valence-corrected chi connectivity index (χ3v) is 8.30. The molecule has 10 heteroatoms. The van der Waals surface area contributed by atoms with E-state index in [-0.39, 0.29) is 24.3 Å². The number of halogens is 2. The van der Waals surface area contributed by atoms with E-state index < -0.39 is 18.2 Å². The van der Waals surface area contributed by atoms with Crippen molar-refractivity contribution in [3.8, 4) is 16.9 Å². The fourth-order valence-electron chi connectivity index (χ4n) is 6.40. The van der Waals surface area contributed by atoms with Gasteiger partial charge in [0, 0.05) is 36.4 Å². The molecule has 4 heterocycles. The van der Waals surface area contributed by atoms with Gasteiger partial charge in [-0.2, -0.15) is 8.78 Å². The first kappa shape index (κ1) is 23.2. The van der Waals surface area contributed by atoms with E-state index in [4.69, 9.17) is 15.5 Å². The van der Waals surface area contributed by atoms with Crippen molar-refractivity contribution in [1.82, 2.24) is 19.4 Å². The van der Waals surface area contributed by atoms with Gasteiger partial charge in [0.05, 0.1) is 41.0 Å². The Morgan fingerprint density at radius 2 is 2.05 bits per heavy atom. The number of aromatic nitrogens is 3. The Labute approximate surface area is 216 Å². The summed E-state index contributed by atoms with van der Waals surface area (Å²) in [5.74, 6) is 0.487. The number of hydrogen-bond acceptors (Lipinski definition) is 6. The summed E-state index contributed by atoms with van der Waals surface area (Å²) in [5, 5.41) is 9.76. The van der Waals surface area contributed by atoms with Gasteiger partial charge >= 0.3 is 6.61 Å². The van der Waals surface area contributed by atoms with Gasteiger partial charge in [-0.15, -0.1) is 0 Å². The molecule has 2 bridgehead atoms. The summed E-state index contributed by atoms with van der Waals surface area (Å²) in [6.07, 6.45) is 3.67. The van der Waals surface area contributed by atoms with Crippen LogP contribution in [0.5, 0.6) is 5.75 Å². The van der Waals surface area contributed by atoms with Gasteiger partial charge in [0.2, 0.25) is 0 Å². The van der Waals surface area contributed by atoms with Gasteiger partial charge < -0.3 is 25.0 Å². The number of benzene rings is 2. The number of nitrogens with zero attached hydrogens (tertiary/aromatic N) is 4. The van der Waals surface area contributed by atoms with Crippen molar-refractivity contribution >= 4 is 16.9 Å². The summed E-state index contributed by atoms with van der Waals surface area (Å²) in [5.41, 5.74) is 11.5. The molecule has 0 saturated heterocycles. The first-order valence-electron chi connectivity index (χ1n) is 12.6. The Balaban J connectivity index is 1.39. The van der Waals surface area contributed by atoms with Crippen LogP contribution < -0.4 is 10.5 Å². The van der Waals surface area contributed by atoms with E-state index in [1.807, 2.05) is 18.2 Å². The average molecular weight is 518 g/mol. The number of aliphatic hydroxyl groups excluding tert-OH is 1. The number of aryl methyl sites for hydroxylation is 1. The third-order valence-electron chi connectivity index (χ3n) is 8.30. The summed E-state index contributed by atoms with van der Waals surface area (Å²) in [4.78, 5) is 24.4. The van der Waals surface area contributed by atoms with E-state index in [2.05, 4.69) is 15.6 Å². The Kier molecular flexibility index (Phi) is 4.93. The lowest BCUT2D eigenvalue weighted by molar-refractivity contribution is -0.0507. The SMILES string of the molecule is CN1C(=O)c2cccc(OC(F)F)c2[C@H]2C[C@@H]1c1nc3ccc(-c4cnc5c(c4)CC[C@@]5(N)CO)cc3n12. The Morgan fingerprint density at radius 3 is 2.84 bits per heavy atom. The van der Waals surface area contributed by atoms with Crippen LogP contribution >= 0.6 is 0 Å². The Hall–Kier alpha value is -3.89. The van der Waals surface area contributed by atoms with Crippen molar-refractivity contribution in [3.63, 3.8) is 0 Å². The second kappa shape index (κ2) is 8.05. The van der Waals surface area contributed by atoms with Crippen molar-refractivity contribution in [2.45, 2.75) is 43.5 Å². The summed E-state index contributed by atoms with van der Waals surface area (Å²) < 4.78 is 33.6. The molecule has 3 atom stereocenters. The zero-order valence-corrected chi connectivity index (χ0v) is 20.6. The summed E-state index contributed by atoms with van der Waals surface area (Å²) in [6, 6.07) is 12.0. The third kappa shape index (κ3) is 3.16. The number of imidazole rings is 1. The first-order chi connectivity index (χ1) is 18.3. The highest BCUT2D eigenvalue weighted by Crippen LogP contribution is 2.50. The van der Waals surface area contributed by atoms with E-state index in [1.54, 1.807) is 30.3 Å². The molecule has 8 nitrogen and oxygen atoms in total. The molecular formula is C28H25F2N5O3. The fourth-order valence-corrected chi connectivity index (χ4v) is 6.40. The molecule has 4 aromatic rings.